The van der Waals surface area contributed by atoms with E-state index < -0.39 is 0 Å². The number of rotatable bonds is 4. The van der Waals surface area contributed by atoms with Crippen molar-refractivity contribution in [1.29, 1.82) is 0 Å². The molecular weight excluding hydrogens is 192 g/mol. The Kier molecular flexibility index (Phi) is 4.43. The van der Waals surface area contributed by atoms with Gasteiger partial charge in [0, 0.05) is 0 Å². The molecule has 0 radical (unpaired) electrons. The third-order valence-corrected chi connectivity index (χ3v) is 2.18. The van der Waals surface area contributed by atoms with Crippen molar-refractivity contribution >= 4 is 11.6 Å². The van der Waals surface area contributed by atoms with E-state index in [1.54, 1.807) is 12.2 Å². The Balaban J connectivity index is 2.39. The minimum absolute atomic E-state index is 0.00973. The van der Waals surface area contributed by atoms with Crippen molar-refractivity contribution in [3.05, 3.63) is 24.3 Å². The van der Waals surface area contributed by atoms with Crippen LogP contribution < -0.4 is 0 Å². The lowest BCUT2D eigenvalue weighted by Crippen LogP contribution is -2.06. The number of hydrogen-bond acceptors (Lipinski definition) is 3. The number of allylic oxidation sites excluding steroid dienone is 2. The molecule has 0 aromatic rings. The van der Waals surface area contributed by atoms with Gasteiger partial charge in [-0.15, -0.1) is 0 Å². The maximum atomic E-state index is 10.7. The summed E-state index contributed by atoms with van der Waals surface area (Å²) in [6.07, 6.45) is 8.44. The molecule has 0 saturated carbocycles. The lowest BCUT2D eigenvalue weighted by atomic mass is 10.1. The smallest absolute Gasteiger partial charge is 0.152 e. The van der Waals surface area contributed by atoms with Crippen LogP contribution in [0.15, 0.2) is 24.3 Å². The number of hydrogen-bond donors (Lipinski definition) is 0. The topological polar surface area (TPSA) is 43.4 Å². The van der Waals surface area contributed by atoms with Gasteiger partial charge in [-0.2, -0.15) is 0 Å². The molecule has 2 atom stereocenters. The van der Waals surface area contributed by atoms with E-state index in [2.05, 4.69) is 0 Å². The fourth-order valence-electron chi connectivity index (χ4n) is 1.46. The van der Waals surface area contributed by atoms with E-state index in [-0.39, 0.29) is 23.8 Å². The molecule has 0 aromatic heterocycles. The van der Waals surface area contributed by atoms with E-state index >= 15 is 0 Å². The van der Waals surface area contributed by atoms with Crippen molar-refractivity contribution in [3.63, 3.8) is 0 Å². The molecule has 0 unspecified atom stereocenters. The molecule has 1 heterocycles. The molecule has 1 rings (SSSR count). The lowest BCUT2D eigenvalue weighted by Gasteiger charge is -2.05. The third-order valence-electron chi connectivity index (χ3n) is 2.18. The Labute approximate surface area is 89.8 Å². The Morgan fingerprint density at radius 2 is 1.40 bits per heavy atom. The first kappa shape index (κ1) is 11.9. The van der Waals surface area contributed by atoms with Gasteiger partial charge in [0.2, 0.25) is 0 Å². The number of carbonyl (C=O) groups excluding carboxylic acids is 2. The van der Waals surface area contributed by atoms with Gasteiger partial charge in [-0.1, -0.05) is 12.2 Å². The van der Waals surface area contributed by atoms with Crippen molar-refractivity contribution < 1.29 is 14.3 Å². The first-order chi connectivity index (χ1) is 7.08. The molecular formula is C12H16O3. The van der Waals surface area contributed by atoms with Crippen molar-refractivity contribution in [2.24, 2.45) is 0 Å². The quantitative estimate of drug-likeness (QED) is 0.662. The molecule has 15 heavy (non-hydrogen) atoms. The highest BCUT2D eigenvalue weighted by Gasteiger charge is 2.20. The molecule has 1 fully saturated rings. The number of ketones is 2. The van der Waals surface area contributed by atoms with Crippen LogP contribution in [-0.2, 0) is 14.3 Å². The van der Waals surface area contributed by atoms with Gasteiger partial charge in [0.05, 0.1) is 12.2 Å². The first-order valence-corrected chi connectivity index (χ1v) is 5.11. The van der Waals surface area contributed by atoms with Crippen LogP contribution in [0.3, 0.4) is 0 Å². The van der Waals surface area contributed by atoms with Crippen molar-refractivity contribution in [3.8, 4) is 0 Å². The lowest BCUT2D eigenvalue weighted by molar-refractivity contribution is -0.113. The van der Waals surface area contributed by atoms with Crippen LogP contribution in [0.5, 0.6) is 0 Å². The van der Waals surface area contributed by atoms with Crippen LogP contribution in [0, 0.1) is 0 Å². The van der Waals surface area contributed by atoms with E-state index in [4.69, 9.17) is 4.74 Å². The minimum Gasteiger partial charge on any atom is -0.367 e. The normalized spacial score (nSPS) is 26.5. The Morgan fingerprint density at radius 3 is 1.73 bits per heavy atom. The summed E-state index contributed by atoms with van der Waals surface area (Å²) >= 11 is 0. The molecule has 82 valence electrons. The molecule has 3 heteroatoms. The maximum Gasteiger partial charge on any atom is 0.152 e. The largest absolute Gasteiger partial charge is 0.367 e. The summed E-state index contributed by atoms with van der Waals surface area (Å²) in [6, 6.07) is 0. The number of ether oxygens (including phenoxy) is 1. The minimum atomic E-state index is 0.00973. The van der Waals surface area contributed by atoms with Crippen molar-refractivity contribution in [1.82, 2.24) is 0 Å². The molecule has 0 bridgehead atoms. The SMILES string of the molecule is CC(=O)/C=C/[C@@H]1CC[C@H](/C=C/C(C)=O)O1. The Morgan fingerprint density at radius 1 is 1.00 bits per heavy atom. The predicted molar refractivity (Wildman–Crippen MR) is 57.5 cm³/mol. The summed E-state index contributed by atoms with van der Waals surface area (Å²) < 4.78 is 5.58. The Bertz CT molecular complexity index is 272. The van der Waals surface area contributed by atoms with E-state index in [0.29, 0.717) is 0 Å². The fraction of sp³-hybridized carbons (Fsp3) is 0.500. The monoisotopic (exact) mass is 208 g/mol. The molecule has 0 aliphatic carbocycles. The van der Waals surface area contributed by atoms with Crippen LogP contribution in [0.25, 0.3) is 0 Å². The van der Waals surface area contributed by atoms with Gasteiger partial charge >= 0.3 is 0 Å². The molecule has 3 nitrogen and oxygen atoms in total. The second-order valence-electron chi connectivity index (χ2n) is 3.73. The van der Waals surface area contributed by atoms with E-state index in [9.17, 15) is 9.59 Å². The summed E-state index contributed by atoms with van der Waals surface area (Å²) in [5.74, 6) is 0.0580. The molecule has 0 N–H and O–H groups in total. The van der Waals surface area contributed by atoms with Crippen LogP contribution in [0.2, 0.25) is 0 Å². The van der Waals surface area contributed by atoms with Gasteiger partial charge in [0.1, 0.15) is 0 Å². The summed E-state index contributed by atoms with van der Waals surface area (Å²) in [6.45, 7) is 3.02. The summed E-state index contributed by atoms with van der Waals surface area (Å²) in [7, 11) is 0. The Hall–Kier alpha value is -1.22. The van der Waals surface area contributed by atoms with Crippen LogP contribution in [0.1, 0.15) is 26.7 Å². The van der Waals surface area contributed by atoms with Gasteiger partial charge in [-0.05, 0) is 38.8 Å². The molecule has 0 amide bonds. The molecule has 0 aromatic carbocycles. The molecule has 1 aliphatic heterocycles. The standard InChI is InChI=1S/C12H16O3/c1-9(13)3-5-11-7-8-12(15-11)6-4-10(2)14/h3-6,11-12H,7-8H2,1-2H3/b5-3+,6-4+/t11-,12+. The van der Waals surface area contributed by atoms with Gasteiger partial charge in [0.15, 0.2) is 11.6 Å². The highest BCUT2D eigenvalue weighted by Crippen LogP contribution is 2.21. The van der Waals surface area contributed by atoms with Crippen LogP contribution in [-0.4, -0.2) is 23.8 Å². The van der Waals surface area contributed by atoms with E-state index in [1.807, 2.05) is 0 Å². The van der Waals surface area contributed by atoms with E-state index in [0.717, 1.165) is 12.8 Å². The fourth-order valence-corrected chi connectivity index (χ4v) is 1.46. The highest BCUT2D eigenvalue weighted by atomic mass is 16.5. The zero-order chi connectivity index (χ0) is 11.3. The zero-order valence-electron chi connectivity index (χ0n) is 9.10. The molecule has 0 spiro atoms. The second-order valence-corrected chi connectivity index (χ2v) is 3.73. The van der Waals surface area contributed by atoms with Gasteiger partial charge in [0.25, 0.3) is 0 Å². The summed E-state index contributed by atoms with van der Waals surface area (Å²) in [5.41, 5.74) is 0. The predicted octanol–water partition coefficient (Wildman–Crippen LogP) is 1.82. The number of carbonyl (C=O) groups is 2. The molecule has 1 saturated heterocycles. The summed E-state index contributed by atoms with van der Waals surface area (Å²) in [4.78, 5) is 21.4. The van der Waals surface area contributed by atoms with Gasteiger partial charge in [-0.3, -0.25) is 9.59 Å². The third kappa shape index (κ3) is 4.70. The van der Waals surface area contributed by atoms with Crippen molar-refractivity contribution in [2.45, 2.75) is 38.9 Å². The van der Waals surface area contributed by atoms with Gasteiger partial charge in [-0.25, -0.2) is 0 Å². The highest BCUT2D eigenvalue weighted by molar-refractivity contribution is 5.87. The molecule has 1 aliphatic rings. The first-order valence-electron chi connectivity index (χ1n) is 5.11. The second kappa shape index (κ2) is 5.61. The van der Waals surface area contributed by atoms with E-state index in [1.165, 1.54) is 26.0 Å². The van der Waals surface area contributed by atoms with Crippen LogP contribution >= 0.6 is 0 Å². The van der Waals surface area contributed by atoms with Crippen molar-refractivity contribution in [2.75, 3.05) is 0 Å². The summed E-state index contributed by atoms with van der Waals surface area (Å²) in [5, 5.41) is 0. The average molecular weight is 208 g/mol. The van der Waals surface area contributed by atoms with Crippen LogP contribution in [0.4, 0.5) is 0 Å². The zero-order valence-corrected chi connectivity index (χ0v) is 9.10. The van der Waals surface area contributed by atoms with Gasteiger partial charge < -0.3 is 4.74 Å². The maximum absolute atomic E-state index is 10.7. The average Bonchev–Trinajstić information content (AvgIpc) is 2.59.